The molecule has 0 unspecified atom stereocenters. The lowest BCUT2D eigenvalue weighted by Crippen LogP contribution is -2.40. The number of aromatic amines is 1. The van der Waals surface area contributed by atoms with Crippen molar-refractivity contribution in [3.63, 3.8) is 0 Å². The van der Waals surface area contributed by atoms with E-state index in [1.165, 1.54) is 6.92 Å². The van der Waals surface area contributed by atoms with Crippen LogP contribution in [-0.2, 0) is 4.74 Å². The van der Waals surface area contributed by atoms with Crippen LogP contribution in [0, 0.1) is 0 Å². The van der Waals surface area contributed by atoms with Crippen molar-refractivity contribution in [1.82, 2.24) is 10.3 Å². The lowest BCUT2D eigenvalue weighted by molar-refractivity contribution is 0.0710. The number of carbonyl (C=O) groups is 2. The molecular weight excluding hydrogens is 232 g/mol. The van der Waals surface area contributed by atoms with Crippen molar-refractivity contribution >= 4 is 11.7 Å². The Balaban J connectivity index is 1.95. The molecule has 1 amide bonds. The maximum absolute atomic E-state index is 11.9. The Morgan fingerprint density at radius 1 is 1.56 bits per heavy atom. The molecule has 0 aromatic carbocycles. The third kappa shape index (κ3) is 2.79. The van der Waals surface area contributed by atoms with Gasteiger partial charge in [0.25, 0.3) is 5.91 Å². The molecule has 2 atom stereocenters. The number of hydrogen-bond donors (Lipinski definition) is 2. The van der Waals surface area contributed by atoms with Crippen molar-refractivity contribution < 1.29 is 14.3 Å². The summed E-state index contributed by atoms with van der Waals surface area (Å²) in [7, 11) is 0. The predicted octanol–water partition coefficient (Wildman–Crippen LogP) is 1.51. The van der Waals surface area contributed by atoms with Crippen LogP contribution < -0.4 is 5.32 Å². The number of H-pyrrole nitrogens is 1. The Morgan fingerprint density at radius 2 is 2.33 bits per heavy atom. The van der Waals surface area contributed by atoms with E-state index >= 15 is 0 Å². The number of aromatic nitrogens is 1. The fourth-order valence-electron chi connectivity index (χ4n) is 2.10. The van der Waals surface area contributed by atoms with Crippen LogP contribution in [0.15, 0.2) is 12.3 Å². The summed E-state index contributed by atoms with van der Waals surface area (Å²) >= 11 is 0. The van der Waals surface area contributed by atoms with E-state index in [1.807, 2.05) is 6.92 Å². The molecule has 1 aromatic heterocycles. The standard InChI is InChI=1S/C13H18N2O3/c1-8(12-4-3-5-18-12)15-13(17)11-6-10(7-14-11)9(2)16/h6-8,12,14H,3-5H2,1-2H3,(H,15,17)/t8-,12+/m1/s1. The van der Waals surface area contributed by atoms with Gasteiger partial charge < -0.3 is 15.0 Å². The molecule has 5 heteroatoms. The highest BCUT2D eigenvalue weighted by Gasteiger charge is 2.24. The highest BCUT2D eigenvalue weighted by Crippen LogP contribution is 2.15. The first-order chi connectivity index (χ1) is 8.58. The minimum absolute atomic E-state index is 0.0240. The van der Waals surface area contributed by atoms with E-state index in [1.54, 1.807) is 12.3 Å². The average Bonchev–Trinajstić information content (AvgIpc) is 3.00. The minimum atomic E-state index is -0.203. The van der Waals surface area contributed by atoms with Crippen LogP contribution in [0.25, 0.3) is 0 Å². The molecule has 0 saturated carbocycles. The molecule has 1 aliphatic rings. The summed E-state index contributed by atoms with van der Waals surface area (Å²) in [4.78, 5) is 25.9. The molecule has 0 bridgehead atoms. The van der Waals surface area contributed by atoms with Crippen molar-refractivity contribution in [3.05, 3.63) is 23.5 Å². The Labute approximate surface area is 106 Å². The van der Waals surface area contributed by atoms with Gasteiger partial charge in [0, 0.05) is 18.4 Å². The van der Waals surface area contributed by atoms with Crippen LogP contribution in [0.5, 0.6) is 0 Å². The Bertz CT molecular complexity index is 447. The third-order valence-electron chi connectivity index (χ3n) is 3.22. The van der Waals surface area contributed by atoms with Gasteiger partial charge in [0.05, 0.1) is 12.1 Å². The summed E-state index contributed by atoms with van der Waals surface area (Å²) in [5, 5.41) is 2.88. The first-order valence-corrected chi connectivity index (χ1v) is 6.19. The van der Waals surface area contributed by atoms with Gasteiger partial charge in [-0.1, -0.05) is 0 Å². The van der Waals surface area contributed by atoms with Gasteiger partial charge in [0.15, 0.2) is 5.78 Å². The van der Waals surface area contributed by atoms with Crippen LogP contribution in [0.3, 0.4) is 0 Å². The zero-order valence-corrected chi connectivity index (χ0v) is 10.7. The Hall–Kier alpha value is -1.62. The van der Waals surface area contributed by atoms with Gasteiger partial charge in [-0.3, -0.25) is 9.59 Å². The van der Waals surface area contributed by atoms with E-state index in [2.05, 4.69) is 10.3 Å². The average molecular weight is 250 g/mol. The fourth-order valence-corrected chi connectivity index (χ4v) is 2.10. The van der Waals surface area contributed by atoms with Crippen molar-refractivity contribution in [1.29, 1.82) is 0 Å². The van der Waals surface area contributed by atoms with Crippen LogP contribution in [0.2, 0.25) is 0 Å². The van der Waals surface area contributed by atoms with Gasteiger partial charge in [0.2, 0.25) is 0 Å². The molecule has 5 nitrogen and oxygen atoms in total. The van der Waals surface area contributed by atoms with Crippen LogP contribution in [-0.4, -0.2) is 35.4 Å². The second-order valence-electron chi connectivity index (χ2n) is 4.67. The lowest BCUT2D eigenvalue weighted by Gasteiger charge is -2.19. The lowest BCUT2D eigenvalue weighted by atomic mass is 10.1. The largest absolute Gasteiger partial charge is 0.376 e. The molecule has 0 radical (unpaired) electrons. The number of hydrogen-bond acceptors (Lipinski definition) is 3. The van der Waals surface area contributed by atoms with Gasteiger partial charge in [-0.05, 0) is 32.8 Å². The van der Waals surface area contributed by atoms with E-state index in [-0.39, 0.29) is 23.8 Å². The number of ketones is 1. The fraction of sp³-hybridized carbons (Fsp3) is 0.538. The maximum Gasteiger partial charge on any atom is 0.268 e. The number of amides is 1. The van der Waals surface area contributed by atoms with Crippen LogP contribution in [0.4, 0.5) is 0 Å². The highest BCUT2D eigenvalue weighted by atomic mass is 16.5. The van der Waals surface area contributed by atoms with Crippen molar-refractivity contribution in [2.45, 2.75) is 38.8 Å². The predicted molar refractivity (Wildman–Crippen MR) is 66.7 cm³/mol. The molecule has 98 valence electrons. The van der Waals surface area contributed by atoms with Gasteiger partial charge >= 0.3 is 0 Å². The normalized spacial score (nSPS) is 20.7. The van der Waals surface area contributed by atoms with Gasteiger partial charge in [-0.15, -0.1) is 0 Å². The molecule has 18 heavy (non-hydrogen) atoms. The van der Waals surface area contributed by atoms with E-state index in [0.29, 0.717) is 11.3 Å². The van der Waals surface area contributed by atoms with Gasteiger partial charge in [-0.25, -0.2) is 0 Å². The molecule has 2 N–H and O–H groups in total. The molecule has 1 aliphatic heterocycles. The molecule has 1 fully saturated rings. The number of nitrogens with one attached hydrogen (secondary N) is 2. The van der Waals surface area contributed by atoms with Crippen molar-refractivity contribution in [2.24, 2.45) is 0 Å². The zero-order valence-electron chi connectivity index (χ0n) is 10.7. The topological polar surface area (TPSA) is 71.2 Å². The molecule has 0 aliphatic carbocycles. The molecule has 1 aromatic rings. The first kappa shape index (κ1) is 12.8. The number of ether oxygens (including phenoxy) is 1. The monoisotopic (exact) mass is 250 g/mol. The van der Waals surface area contributed by atoms with E-state index in [9.17, 15) is 9.59 Å². The molecular formula is C13H18N2O3. The molecule has 0 spiro atoms. The summed E-state index contributed by atoms with van der Waals surface area (Å²) in [5.74, 6) is -0.261. The zero-order chi connectivity index (χ0) is 13.1. The number of carbonyl (C=O) groups excluding carboxylic acids is 2. The van der Waals surface area contributed by atoms with E-state index < -0.39 is 0 Å². The quantitative estimate of drug-likeness (QED) is 0.796. The third-order valence-corrected chi connectivity index (χ3v) is 3.22. The van der Waals surface area contributed by atoms with Gasteiger partial charge in [-0.2, -0.15) is 0 Å². The smallest absolute Gasteiger partial charge is 0.268 e. The maximum atomic E-state index is 11.9. The molecule has 1 saturated heterocycles. The van der Waals surface area contributed by atoms with E-state index in [4.69, 9.17) is 4.74 Å². The Kier molecular flexibility index (Phi) is 3.81. The van der Waals surface area contributed by atoms with E-state index in [0.717, 1.165) is 19.4 Å². The first-order valence-electron chi connectivity index (χ1n) is 6.19. The van der Waals surface area contributed by atoms with Crippen molar-refractivity contribution in [3.8, 4) is 0 Å². The SMILES string of the molecule is CC(=O)c1c[nH]c(C(=O)N[C@H](C)[C@@H]2CCCO2)c1. The summed E-state index contributed by atoms with van der Waals surface area (Å²) in [6.45, 7) is 4.17. The van der Waals surface area contributed by atoms with Crippen LogP contribution >= 0.6 is 0 Å². The molecule has 2 rings (SSSR count). The summed E-state index contributed by atoms with van der Waals surface area (Å²) in [6.07, 6.45) is 3.66. The summed E-state index contributed by atoms with van der Waals surface area (Å²) < 4.78 is 5.52. The van der Waals surface area contributed by atoms with Gasteiger partial charge in [0.1, 0.15) is 5.69 Å². The second-order valence-corrected chi connectivity index (χ2v) is 4.67. The minimum Gasteiger partial charge on any atom is -0.376 e. The van der Waals surface area contributed by atoms with Crippen molar-refractivity contribution in [2.75, 3.05) is 6.61 Å². The number of Topliss-reactive ketones (excluding diaryl/α,β-unsaturated/α-hetero) is 1. The molecule has 2 heterocycles. The highest BCUT2D eigenvalue weighted by molar-refractivity contribution is 5.99. The summed E-state index contributed by atoms with van der Waals surface area (Å²) in [5.41, 5.74) is 0.926. The Morgan fingerprint density at radius 3 is 2.89 bits per heavy atom. The summed E-state index contributed by atoms with van der Waals surface area (Å²) in [6, 6.07) is 1.55. The van der Waals surface area contributed by atoms with Crippen LogP contribution in [0.1, 0.15) is 47.5 Å². The number of rotatable bonds is 4. The second kappa shape index (κ2) is 5.35.